The molecule has 0 atom stereocenters. The van der Waals surface area contributed by atoms with Gasteiger partial charge < -0.3 is 10.2 Å². The fraction of sp³-hybridized carbons (Fsp3) is 0.500. The van der Waals surface area contributed by atoms with Crippen LogP contribution in [0.15, 0.2) is 35.1 Å². The zero-order valence-corrected chi connectivity index (χ0v) is 15.0. The van der Waals surface area contributed by atoms with Crippen LogP contribution in [0.5, 0.6) is 0 Å². The van der Waals surface area contributed by atoms with Crippen LogP contribution in [0.3, 0.4) is 0 Å². The molecule has 25 heavy (non-hydrogen) atoms. The average molecular weight is 343 g/mol. The van der Waals surface area contributed by atoms with Crippen LogP contribution >= 0.6 is 0 Å². The van der Waals surface area contributed by atoms with Gasteiger partial charge in [-0.1, -0.05) is 18.2 Å². The van der Waals surface area contributed by atoms with E-state index in [2.05, 4.69) is 10.4 Å². The van der Waals surface area contributed by atoms with E-state index >= 15 is 0 Å². The van der Waals surface area contributed by atoms with E-state index in [4.69, 9.17) is 0 Å². The first-order valence-electron chi connectivity index (χ1n) is 8.74. The number of hydrogen-bond donors (Lipinski definition) is 1. The molecule has 0 aliphatic carbocycles. The van der Waals surface area contributed by atoms with Gasteiger partial charge in [0, 0.05) is 32.1 Å². The van der Waals surface area contributed by atoms with Crippen molar-refractivity contribution < 1.29 is 4.79 Å². The Morgan fingerprint density at radius 1 is 1.20 bits per heavy atom. The molecule has 1 aliphatic rings. The van der Waals surface area contributed by atoms with Crippen LogP contribution in [-0.4, -0.2) is 44.4 Å². The second-order valence-electron chi connectivity index (χ2n) is 6.80. The van der Waals surface area contributed by atoms with E-state index in [1.807, 2.05) is 49.1 Å². The van der Waals surface area contributed by atoms with Crippen molar-refractivity contribution >= 4 is 6.03 Å². The highest BCUT2D eigenvalue weighted by atomic mass is 16.2. The quantitative estimate of drug-likeness (QED) is 0.925. The van der Waals surface area contributed by atoms with Gasteiger partial charge in [-0.15, -0.1) is 0 Å². The highest BCUT2D eigenvalue weighted by molar-refractivity contribution is 5.74. The second kappa shape index (κ2) is 7.13. The van der Waals surface area contributed by atoms with E-state index in [1.165, 1.54) is 4.68 Å². The number of carbonyl (C=O) groups is 1. The van der Waals surface area contributed by atoms with Crippen molar-refractivity contribution in [3.63, 3.8) is 0 Å². The van der Waals surface area contributed by atoms with Crippen molar-refractivity contribution in [2.45, 2.75) is 38.6 Å². The first-order valence-corrected chi connectivity index (χ1v) is 8.74. The van der Waals surface area contributed by atoms with Crippen molar-refractivity contribution in [2.75, 3.05) is 13.1 Å². The topological polar surface area (TPSA) is 72.2 Å². The largest absolute Gasteiger partial charge is 0.350 e. The summed E-state index contributed by atoms with van der Waals surface area (Å²) in [4.78, 5) is 26.5. The molecule has 2 aromatic rings. The molecule has 0 saturated carbocycles. The normalized spacial score (nSPS) is 15.6. The summed E-state index contributed by atoms with van der Waals surface area (Å²) in [6, 6.07) is 9.69. The maximum absolute atomic E-state index is 12.5. The number of aryl methyl sites for hydroxylation is 1. The lowest BCUT2D eigenvalue weighted by Gasteiger charge is -2.32. The predicted octanol–water partition coefficient (Wildman–Crippen LogP) is 1.87. The van der Waals surface area contributed by atoms with Crippen LogP contribution in [0.2, 0.25) is 0 Å². The number of benzene rings is 1. The third kappa shape index (κ3) is 3.60. The molecule has 7 heteroatoms. The third-order valence-electron chi connectivity index (χ3n) is 4.52. The van der Waals surface area contributed by atoms with Crippen LogP contribution in [0.1, 0.15) is 38.4 Å². The summed E-state index contributed by atoms with van der Waals surface area (Å²) in [6.07, 6.45) is 1.60. The Balaban J connectivity index is 1.80. The van der Waals surface area contributed by atoms with E-state index in [-0.39, 0.29) is 23.7 Å². The van der Waals surface area contributed by atoms with Crippen molar-refractivity contribution in [1.82, 2.24) is 24.6 Å². The minimum absolute atomic E-state index is 0.0186. The molecule has 0 bridgehead atoms. The van der Waals surface area contributed by atoms with Gasteiger partial charge in [0.05, 0.1) is 5.69 Å². The van der Waals surface area contributed by atoms with E-state index in [0.29, 0.717) is 13.1 Å². The molecule has 1 fully saturated rings. The number of nitrogens with zero attached hydrogens (tertiary/aromatic N) is 4. The van der Waals surface area contributed by atoms with Gasteiger partial charge >= 0.3 is 11.7 Å². The summed E-state index contributed by atoms with van der Waals surface area (Å²) < 4.78 is 3.08. The smallest absolute Gasteiger partial charge is 0.336 e. The van der Waals surface area contributed by atoms with E-state index in [0.717, 1.165) is 24.4 Å². The maximum atomic E-state index is 12.5. The number of para-hydroxylation sites is 1. The molecule has 2 heterocycles. The Kier molecular flexibility index (Phi) is 4.92. The van der Waals surface area contributed by atoms with Gasteiger partial charge in [-0.25, -0.2) is 18.8 Å². The van der Waals surface area contributed by atoms with Crippen molar-refractivity contribution in [3.8, 4) is 5.69 Å². The average Bonchev–Trinajstić information content (AvgIpc) is 2.90. The number of nitrogens with one attached hydrogen (secondary N) is 1. The molecule has 0 spiro atoms. The Bertz CT molecular complexity index is 786. The van der Waals surface area contributed by atoms with Crippen LogP contribution in [-0.2, 0) is 7.05 Å². The molecule has 1 N–H and O–H groups in total. The first kappa shape index (κ1) is 17.3. The predicted molar refractivity (Wildman–Crippen MR) is 96.0 cm³/mol. The highest BCUT2D eigenvalue weighted by Gasteiger charge is 2.28. The van der Waals surface area contributed by atoms with E-state index in [1.54, 1.807) is 11.6 Å². The van der Waals surface area contributed by atoms with Gasteiger partial charge in [-0.3, -0.25) is 0 Å². The number of aromatic nitrogens is 3. The number of carbonyl (C=O) groups excluding carboxylic acids is 1. The molecule has 2 amide bonds. The Labute approximate surface area is 147 Å². The fourth-order valence-electron chi connectivity index (χ4n) is 3.25. The molecule has 3 rings (SSSR count). The lowest BCUT2D eigenvalue weighted by atomic mass is 9.96. The zero-order valence-electron chi connectivity index (χ0n) is 15.0. The number of piperidine rings is 1. The van der Waals surface area contributed by atoms with Gasteiger partial charge in [0.1, 0.15) is 5.82 Å². The third-order valence-corrected chi connectivity index (χ3v) is 4.52. The van der Waals surface area contributed by atoms with Crippen LogP contribution in [0.4, 0.5) is 4.79 Å². The minimum atomic E-state index is -0.138. The fourth-order valence-corrected chi connectivity index (χ4v) is 3.25. The SMILES string of the molecule is CC(C)NC(=O)N1CCC(c2nn(C)c(=O)n2-c2ccccc2)CC1. The number of rotatable bonds is 3. The number of hydrogen-bond acceptors (Lipinski definition) is 3. The summed E-state index contributed by atoms with van der Waals surface area (Å²) in [7, 11) is 1.68. The lowest BCUT2D eigenvalue weighted by molar-refractivity contribution is 0.178. The number of likely N-dealkylation sites (tertiary alicyclic amines) is 1. The molecule has 7 nitrogen and oxygen atoms in total. The highest BCUT2D eigenvalue weighted by Crippen LogP contribution is 2.27. The standard InChI is InChI=1S/C18H25N5O2/c1-13(2)19-17(24)22-11-9-14(10-12-22)16-20-21(3)18(25)23(16)15-7-5-4-6-8-15/h4-8,13-14H,9-12H2,1-3H3,(H,19,24). The first-order chi connectivity index (χ1) is 12.0. The molecular weight excluding hydrogens is 318 g/mol. The van der Waals surface area contributed by atoms with Crippen LogP contribution in [0.25, 0.3) is 5.69 Å². The summed E-state index contributed by atoms with van der Waals surface area (Å²) in [5.41, 5.74) is 0.691. The molecule has 1 aliphatic heterocycles. The summed E-state index contributed by atoms with van der Waals surface area (Å²) >= 11 is 0. The monoisotopic (exact) mass is 343 g/mol. The Morgan fingerprint density at radius 2 is 1.84 bits per heavy atom. The van der Waals surface area contributed by atoms with E-state index in [9.17, 15) is 9.59 Å². The molecular formula is C18H25N5O2. The van der Waals surface area contributed by atoms with Crippen molar-refractivity contribution in [3.05, 3.63) is 46.6 Å². The van der Waals surface area contributed by atoms with Gasteiger partial charge in [-0.2, -0.15) is 5.10 Å². The zero-order chi connectivity index (χ0) is 18.0. The maximum Gasteiger partial charge on any atom is 0.350 e. The summed E-state index contributed by atoms with van der Waals surface area (Å²) in [5, 5.41) is 7.41. The van der Waals surface area contributed by atoms with Gasteiger partial charge in [0.15, 0.2) is 0 Å². The van der Waals surface area contributed by atoms with Gasteiger partial charge in [0.2, 0.25) is 0 Å². The van der Waals surface area contributed by atoms with Gasteiger partial charge in [0.25, 0.3) is 0 Å². The van der Waals surface area contributed by atoms with E-state index < -0.39 is 0 Å². The molecule has 134 valence electrons. The van der Waals surface area contributed by atoms with Crippen molar-refractivity contribution in [2.24, 2.45) is 7.05 Å². The van der Waals surface area contributed by atoms with Crippen LogP contribution in [0, 0.1) is 0 Å². The number of amides is 2. The number of urea groups is 1. The molecule has 1 aromatic carbocycles. The Morgan fingerprint density at radius 3 is 2.44 bits per heavy atom. The van der Waals surface area contributed by atoms with Gasteiger partial charge in [-0.05, 0) is 38.8 Å². The van der Waals surface area contributed by atoms with Crippen LogP contribution < -0.4 is 11.0 Å². The molecule has 1 saturated heterocycles. The summed E-state index contributed by atoms with van der Waals surface area (Å²) in [6.45, 7) is 5.25. The molecule has 1 aromatic heterocycles. The van der Waals surface area contributed by atoms with Crippen molar-refractivity contribution in [1.29, 1.82) is 0 Å². The molecule has 0 unspecified atom stereocenters. The second-order valence-corrected chi connectivity index (χ2v) is 6.80. The lowest BCUT2D eigenvalue weighted by Crippen LogP contribution is -2.46. The Hall–Kier alpha value is -2.57. The summed E-state index contributed by atoms with van der Waals surface area (Å²) in [5.74, 6) is 0.944. The molecule has 0 radical (unpaired) electrons. The minimum Gasteiger partial charge on any atom is -0.336 e.